The van der Waals surface area contributed by atoms with Crippen LogP contribution in [0, 0.1) is 0 Å². The standard InChI is InChI=1S/C15H25NO2S/c1-5-15(16-11-10-12(2)19(4)17)13-6-8-14(18-3)9-7-13/h6-9,12,15-16H,5,10-11H2,1-4H3. The number of rotatable bonds is 8. The summed E-state index contributed by atoms with van der Waals surface area (Å²) >= 11 is 0. The lowest BCUT2D eigenvalue weighted by Gasteiger charge is -2.19. The summed E-state index contributed by atoms with van der Waals surface area (Å²) in [6.07, 6.45) is 3.75. The molecule has 3 unspecified atom stereocenters. The van der Waals surface area contributed by atoms with Crippen molar-refractivity contribution in [3.63, 3.8) is 0 Å². The van der Waals surface area contributed by atoms with E-state index in [1.807, 2.05) is 19.1 Å². The SMILES string of the molecule is CCC(NCCC(C)S(C)=O)c1ccc(OC)cc1. The molecular formula is C15H25NO2S. The number of nitrogens with one attached hydrogen (secondary N) is 1. The van der Waals surface area contributed by atoms with Crippen LogP contribution in [0.4, 0.5) is 0 Å². The molecule has 1 aromatic carbocycles. The Hall–Kier alpha value is -0.870. The van der Waals surface area contributed by atoms with Crippen LogP contribution in [0.25, 0.3) is 0 Å². The predicted molar refractivity (Wildman–Crippen MR) is 82.2 cm³/mol. The van der Waals surface area contributed by atoms with Crippen molar-refractivity contribution in [1.82, 2.24) is 5.32 Å². The Balaban J connectivity index is 2.50. The van der Waals surface area contributed by atoms with Crippen LogP contribution in [-0.4, -0.2) is 29.4 Å². The molecular weight excluding hydrogens is 258 g/mol. The van der Waals surface area contributed by atoms with Gasteiger partial charge in [0.2, 0.25) is 0 Å². The van der Waals surface area contributed by atoms with E-state index in [9.17, 15) is 4.21 Å². The van der Waals surface area contributed by atoms with Gasteiger partial charge in [0.1, 0.15) is 5.75 Å². The molecule has 1 N–H and O–H groups in total. The maximum atomic E-state index is 11.3. The maximum absolute atomic E-state index is 11.3. The highest BCUT2D eigenvalue weighted by atomic mass is 32.2. The summed E-state index contributed by atoms with van der Waals surface area (Å²) in [5.74, 6) is 0.883. The minimum Gasteiger partial charge on any atom is -0.497 e. The molecule has 3 atom stereocenters. The largest absolute Gasteiger partial charge is 0.497 e. The zero-order valence-electron chi connectivity index (χ0n) is 12.3. The minimum absolute atomic E-state index is 0.251. The first-order valence-electron chi connectivity index (χ1n) is 6.78. The van der Waals surface area contributed by atoms with Crippen LogP contribution in [0.1, 0.15) is 38.3 Å². The third-order valence-corrected chi connectivity index (χ3v) is 4.80. The Morgan fingerprint density at radius 1 is 1.32 bits per heavy atom. The van der Waals surface area contributed by atoms with E-state index in [0.717, 1.165) is 25.1 Å². The van der Waals surface area contributed by atoms with Crippen molar-refractivity contribution >= 4 is 10.8 Å². The van der Waals surface area contributed by atoms with E-state index in [1.54, 1.807) is 13.4 Å². The maximum Gasteiger partial charge on any atom is 0.118 e. The van der Waals surface area contributed by atoms with E-state index in [2.05, 4.69) is 24.4 Å². The molecule has 0 radical (unpaired) electrons. The minimum atomic E-state index is -0.732. The molecule has 19 heavy (non-hydrogen) atoms. The van der Waals surface area contributed by atoms with Crippen molar-refractivity contribution in [2.24, 2.45) is 0 Å². The highest BCUT2D eigenvalue weighted by Gasteiger charge is 2.10. The van der Waals surface area contributed by atoms with E-state index in [1.165, 1.54) is 5.56 Å². The van der Waals surface area contributed by atoms with Gasteiger partial charge in [0.05, 0.1) is 7.11 Å². The summed E-state index contributed by atoms with van der Waals surface area (Å²) in [5.41, 5.74) is 1.27. The lowest BCUT2D eigenvalue weighted by molar-refractivity contribution is 0.414. The zero-order chi connectivity index (χ0) is 14.3. The third-order valence-electron chi connectivity index (χ3n) is 3.43. The van der Waals surface area contributed by atoms with Gasteiger partial charge in [0.25, 0.3) is 0 Å². The van der Waals surface area contributed by atoms with Crippen LogP contribution in [0.5, 0.6) is 5.75 Å². The zero-order valence-corrected chi connectivity index (χ0v) is 13.1. The molecule has 0 amide bonds. The second-order valence-corrected chi connectivity index (χ2v) is 6.59. The van der Waals surface area contributed by atoms with Crippen molar-refractivity contribution in [1.29, 1.82) is 0 Å². The molecule has 0 aromatic heterocycles. The molecule has 0 aliphatic heterocycles. The third kappa shape index (κ3) is 5.33. The molecule has 0 bridgehead atoms. The fourth-order valence-electron chi connectivity index (χ4n) is 1.96. The summed E-state index contributed by atoms with van der Waals surface area (Å²) in [7, 11) is 0.945. The van der Waals surface area contributed by atoms with E-state index in [0.29, 0.717) is 6.04 Å². The number of ether oxygens (including phenoxy) is 1. The molecule has 0 saturated carbocycles. The van der Waals surface area contributed by atoms with Crippen molar-refractivity contribution in [3.05, 3.63) is 29.8 Å². The fraction of sp³-hybridized carbons (Fsp3) is 0.600. The highest BCUT2D eigenvalue weighted by Crippen LogP contribution is 2.20. The average molecular weight is 283 g/mol. The van der Waals surface area contributed by atoms with Crippen molar-refractivity contribution < 1.29 is 8.95 Å². The smallest absolute Gasteiger partial charge is 0.118 e. The van der Waals surface area contributed by atoms with Gasteiger partial charge in [-0.3, -0.25) is 4.21 Å². The van der Waals surface area contributed by atoms with Crippen molar-refractivity contribution in [2.75, 3.05) is 19.9 Å². The molecule has 1 aromatic rings. The summed E-state index contributed by atoms with van der Waals surface area (Å²) < 4.78 is 16.5. The molecule has 3 nitrogen and oxygen atoms in total. The van der Waals surface area contributed by atoms with Gasteiger partial charge < -0.3 is 10.1 Å². The quantitative estimate of drug-likeness (QED) is 0.797. The van der Waals surface area contributed by atoms with E-state index < -0.39 is 10.8 Å². The van der Waals surface area contributed by atoms with E-state index in [4.69, 9.17) is 4.74 Å². The Kier molecular flexibility index (Phi) is 7.10. The summed E-state index contributed by atoms with van der Waals surface area (Å²) in [5, 5.41) is 3.78. The molecule has 0 saturated heterocycles. The van der Waals surface area contributed by atoms with Gasteiger partial charge in [-0.15, -0.1) is 0 Å². The Bertz CT molecular complexity index is 392. The Morgan fingerprint density at radius 2 is 1.95 bits per heavy atom. The van der Waals surface area contributed by atoms with Crippen molar-refractivity contribution in [2.45, 2.75) is 38.0 Å². The first-order chi connectivity index (χ1) is 9.08. The average Bonchev–Trinajstić information content (AvgIpc) is 2.43. The van der Waals surface area contributed by atoms with Crippen LogP contribution in [0.3, 0.4) is 0 Å². The summed E-state index contributed by atoms with van der Waals surface area (Å²) in [4.78, 5) is 0. The van der Waals surface area contributed by atoms with Crippen LogP contribution in [-0.2, 0) is 10.8 Å². The first kappa shape index (κ1) is 16.2. The molecule has 0 heterocycles. The van der Waals surface area contributed by atoms with Gasteiger partial charge in [-0.1, -0.05) is 26.0 Å². The van der Waals surface area contributed by atoms with Gasteiger partial charge in [-0.2, -0.15) is 0 Å². The van der Waals surface area contributed by atoms with Gasteiger partial charge in [0.15, 0.2) is 0 Å². The number of methoxy groups -OCH3 is 1. The summed E-state index contributed by atoms with van der Waals surface area (Å²) in [6.45, 7) is 5.10. The topological polar surface area (TPSA) is 38.3 Å². The van der Waals surface area contributed by atoms with Gasteiger partial charge in [-0.25, -0.2) is 0 Å². The number of benzene rings is 1. The van der Waals surface area contributed by atoms with Crippen LogP contribution < -0.4 is 10.1 Å². The van der Waals surface area contributed by atoms with Crippen LogP contribution in [0.2, 0.25) is 0 Å². The fourth-order valence-corrected chi connectivity index (χ4v) is 2.41. The van der Waals surface area contributed by atoms with E-state index in [-0.39, 0.29) is 5.25 Å². The lowest BCUT2D eigenvalue weighted by Crippen LogP contribution is -2.25. The molecule has 108 valence electrons. The predicted octanol–water partition coefficient (Wildman–Crippen LogP) is 2.89. The Morgan fingerprint density at radius 3 is 2.42 bits per heavy atom. The molecule has 0 aliphatic carbocycles. The van der Waals surface area contributed by atoms with Gasteiger partial charge in [-0.05, 0) is 37.1 Å². The van der Waals surface area contributed by atoms with Gasteiger partial charge in [0, 0.05) is 28.3 Å². The summed E-state index contributed by atoms with van der Waals surface area (Å²) in [6, 6.07) is 8.53. The lowest BCUT2D eigenvalue weighted by atomic mass is 10.0. The van der Waals surface area contributed by atoms with Crippen LogP contribution >= 0.6 is 0 Å². The Labute approximate surface area is 119 Å². The molecule has 0 aliphatic rings. The van der Waals surface area contributed by atoms with E-state index >= 15 is 0 Å². The second kappa shape index (κ2) is 8.33. The highest BCUT2D eigenvalue weighted by molar-refractivity contribution is 7.84. The monoisotopic (exact) mass is 283 g/mol. The molecule has 4 heteroatoms. The second-order valence-electron chi connectivity index (χ2n) is 4.79. The number of hydrogen-bond acceptors (Lipinski definition) is 3. The van der Waals surface area contributed by atoms with Crippen LogP contribution in [0.15, 0.2) is 24.3 Å². The molecule has 0 spiro atoms. The van der Waals surface area contributed by atoms with Crippen molar-refractivity contribution in [3.8, 4) is 5.75 Å². The van der Waals surface area contributed by atoms with Gasteiger partial charge >= 0.3 is 0 Å². The number of hydrogen-bond donors (Lipinski definition) is 1. The molecule has 0 fully saturated rings. The molecule has 1 rings (SSSR count). The normalized spacial score (nSPS) is 15.8. The first-order valence-corrected chi connectivity index (χ1v) is 8.40.